The van der Waals surface area contributed by atoms with E-state index in [0.29, 0.717) is 25.1 Å². The number of carbonyl (C=O) groups is 1. The predicted octanol–water partition coefficient (Wildman–Crippen LogP) is 3.68. The SMILES string of the molecule is C=C(F)/C=C\[C@H](C)n1ncc2c1CCCN2C(=O)Cn1cnc(C(F)(F)F)c1. The Labute approximate surface area is 158 Å². The molecule has 0 bridgehead atoms. The molecular formula is C18H19F4N5O. The summed E-state index contributed by atoms with van der Waals surface area (Å²) in [4.78, 5) is 17.5. The molecule has 2 aromatic heterocycles. The molecule has 1 aliphatic heterocycles. The second kappa shape index (κ2) is 7.61. The average molecular weight is 397 g/mol. The van der Waals surface area contributed by atoms with Gasteiger partial charge in [0.2, 0.25) is 5.91 Å². The van der Waals surface area contributed by atoms with E-state index in [-0.39, 0.29) is 18.5 Å². The van der Waals surface area contributed by atoms with Gasteiger partial charge in [0.1, 0.15) is 12.4 Å². The Bertz CT molecular complexity index is 911. The molecule has 0 radical (unpaired) electrons. The Morgan fingerprint density at radius 2 is 2.18 bits per heavy atom. The zero-order valence-corrected chi connectivity index (χ0v) is 15.2. The molecule has 150 valence electrons. The highest BCUT2D eigenvalue weighted by Crippen LogP contribution is 2.30. The molecule has 1 atom stereocenters. The summed E-state index contributed by atoms with van der Waals surface area (Å²) >= 11 is 0. The summed E-state index contributed by atoms with van der Waals surface area (Å²) < 4.78 is 53.7. The second-order valence-electron chi connectivity index (χ2n) is 6.55. The van der Waals surface area contributed by atoms with Gasteiger partial charge in [-0.15, -0.1) is 0 Å². The molecule has 10 heteroatoms. The summed E-state index contributed by atoms with van der Waals surface area (Å²) in [5.41, 5.74) is 0.400. The number of hydrogen-bond acceptors (Lipinski definition) is 3. The summed E-state index contributed by atoms with van der Waals surface area (Å²) in [5.74, 6) is -0.921. The van der Waals surface area contributed by atoms with Gasteiger partial charge in [-0.3, -0.25) is 9.48 Å². The summed E-state index contributed by atoms with van der Waals surface area (Å²) in [6.45, 7) is 5.19. The van der Waals surface area contributed by atoms with Crippen molar-refractivity contribution in [2.75, 3.05) is 11.4 Å². The van der Waals surface area contributed by atoms with Crippen molar-refractivity contribution >= 4 is 11.6 Å². The minimum atomic E-state index is -4.55. The van der Waals surface area contributed by atoms with Gasteiger partial charge in [-0.25, -0.2) is 9.37 Å². The first kappa shape index (κ1) is 19.8. The Kier molecular flexibility index (Phi) is 5.39. The molecule has 0 unspecified atom stereocenters. The van der Waals surface area contributed by atoms with E-state index in [1.165, 1.54) is 11.0 Å². The largest absolute Gasteiger partial charge is 0.434 e. The summed E-state index contributed by atoms with van der Waals surface area (Å²) in [6.07, 6.45) is 3.04. The first-order valence-electron chi connectivity index (χ1n) is 8.65. The number of aromatic nitrogens is 4. The quantitative estimate of drug-likeness (QED) is 0.571. The highest BCUT2D eigenvalue weighted by Gasteiger charge is 2.34. The number of rotatable bonds is 5. The van der Waals surface area contributed by atoms with Gasteiger partial charge in [-0.2, -0.15) is 18.3 Å². The van der Waals surface area contributed by atoms with Crippen molar-refractivity contribution in [3.8, 4) is 0 Å². The minimum absolute atomic E-state index is 0.241. The van der Waals surface area contributed by atoms with Gasteiger partial charge in [0, 0.05) is 12.7 Å². The van der Waals surface area contributed by atoms with E-state index in [1.807, 2.05) is 6.92 Å². The highest BCUT2D eigenvalue weighted by molar-refractivity contribution is 5.94. The topological polar surface area (TPSA) is 56.0 Å². The monoisotopic (exact) mass is 397 g/mol. The standard InChI is InChI=1S/C18H19F4N5O/c1-12(19)5-6-13(2)27-14-4-3-7-26(15(14)8-24-27)17(28)10-25-9-16(23-11-25)18(20,21)22/h5-6,8-9,11,13H,1,3-4,7,10H2,2H3/b6-5-/t13-/m0/s1. The maximum atomic E-state index is 12.9. The van der Waals surface area contributed by atoms with Crippen LogP contribution in [-0.2, 0) is 23.9 Å². The number of imidazole rings is 1. The molecule has 0 fully saturated rings. The van der Waals surface area contributed by atoms with Crippen LogP contribution in [0.3, 0.4) is 0 Å². The Morgan fingerprint density at radius 3 is 2.82 bits per heavy atom. The molecule has 3 heterocycles. The molecule has 1 amide bonds. The molecule has 0 saturated carbocycles. The van der Waals surface area contributed by atoms with Crippen molar-refractivity contribution < 1.29 is 22.4 Å². The number of amides is 1. The van der Waals surface area contributed by atoms with Crippen LogP contribution in [0, 0.1) is 0 Å². The second-order valence-corrected chi connectivity index (χ2v) is 6.55. The first-order valence-corrected chi connectivity index (χ1v) is 8.65. The molecular weight excluding hydrogens is 378 g/mol. The number of alkyl halides is 3. The van der Waals surface area contributed by atoms with Crippen molar-refractivity contribution in [1.29, 1.82) is 0 Å². The van der Waals surface area contributed by atoms with Crippen molar-refractivity contribution in [2.24, 2.45) is 0 Å². The Morgan fingerprint density at radius 1 is 1.43 bits per heavy atom. The zero-order chi connectivity index (χ0) is 20.5. The maximum Gasteiger partial charge on any atom is 0.434 e. The molecule has 1 aliphatic rings. The molecule has 0 N–H and O–H groups in total. The van der Waals surface area contributed by atoms with Gasteiger partial charge in [0.25, 0.3) is 0 Å². The van der Waals surface area contributed by atoms with Gasteiger partial charge in [0.05, 0.1) is 29.9 Å². The lowest BCUT2D eigenvalue weighted by Gasteiger charge is -2.28. The summed E-state index contributed by atoms with van der Waals surface area (Å²) in [6, 6.07) is -0.241. The van der Waals surface area contributed by atoms with E-state index in [4.69, 9.17) is 0 Å². The van der Waals surface area contributed by atoms with Crippen molar-refractivity contribution in [3.05, 3.63) is 54.7 Å². The van der Waals surface area contributed by atoms with Gasteiger partial charge >= 0.3 is 6.18 Å². The highest BCUT2D eigenvalue weighted by atomic mass is 19.4. The number of hydrogen-bond donors (Lipinski definition) is 0. The van der Waals surface area contributed by atoms with Crippen LogP contribution in [0.25, 0.3) is 0 Å². The lowest BCUT2D eigenvalue weighted by molar-refractivity contribution is -0.141. The smallest absolute Gasteiger partial charge is 0.327 e. The molecule has 0 aliphatic carbocycles. The molecule has 6 nitrogen and oxygen atoms in total. The van der Waals surface area contributed by atoms with E-state index in [0.717, 1.165) is 22.8 Å². The Hall–Kier alpha value is -2.91. The molecule has 3 rings (SSSR count). The number of anilines is 1. The summed E-state index contributed by atoms with van der Waals surface area (Å²) in [5, 5.41) is 4.30. The minimum Gasteiger partial charge on any atom is -0.327 e. The van der Waals surface area contributed by atoms with E-state index in [9.17, 15) is 22.4 Å². The lowest BCUT2D eigenvalue weighted by atomic mass is 10.1. The van der Waals surface area contributed by atoms with Crippen molar-refractivity contribution in [3.63, 3.8) is 0 Å². The molecule has 28 heavy (non-hydrogen) atoms. The van der Waals surface area contributed by atoms with Gasteiger partial charge in [-0.05, 0) is 25.8 Å². The van der Waals surface area contributed by atoms with Crippen LogP contribution in [0.1, 0.15) is 30.8 Å². The fourth-order valence-electron chi connectivity index (χ4n) is 3.14. The third kappa shape index (κ3) is 4.15. The van der Waals surface area contributed by atoms with Crippen LogP contribution in [-0.4, -0.2) is 31.8 Å². The van der Waals surface area contributed by atoms with Crippen LogP contribution in [0.4, 0.5) is 23.2 Å². The molecule has 2 aromatic rings. The van der Waals surface area contributed by atoms with E-state index < -0.39 is 17.7 Å². The number of allylic oxidation sites excluding steroid dienone is 3. The third-order valence-corrected chi connectivity index (χ3v) is 4.45. The summed E-state index contributed by atoms with van der Waals surface area (Å²) in [7, 11) is 0. The fraction of sp³-hybridized carbons (Fsp3) is 0.389. The zero-order valence-electron chi connectivity index (χ0n) is 15.2. The van der Waals surface area contributed by atoms with Crippen LogP contribution in [0.5, 0.6) is 0 Å². The van der Waals surface area contributed by atoms with E-state index >= 15 is 0 Å². The molecule has 0 saturated heterocycles. The van der Waals surface area contributed by atoms with E-state index in [2.05, 4.69) is 16.7 Å². The van der Waals surface area contributed by atoms with Gasteiger partial charge in [-0.1, -0.05) is 12.7 Å². The van der Waals surface area contributed by atoms with Crippen molar-refractivity contribution in [1.82, 2.24) is 19.3 Å². The third-order valence-electron chi connectivity index (χ3n) is 4.45. The normalized spacial score (nSPS) is 15.7. The number of fused-ring (bicyclic) bond motifs is 1. The maximum absolute atomic E-state index is 12.9. The van der Waals surface area contributed by atoms with Crippen LogP contribution < -0.4 is 4.90 Å². The van der Waals surface area contributed by atoms with E-state index in [1.54, 1.807) is 17.0 Å². The van der Waals surface area contributed by atoms with Gasteiger partial charge in [0.15, 0.2) is 5.69 Å². The van der Waals surface area contributed by atoms with Crippen LogP contribution >= 0.6 is 0 Å². The predicted molar refractivity (Wildman–Crippen MR) is 94.2 cm³/mol. The number of carbonyl (C=O) groups excluding carboxylic acids is 1. The van der Waals surface area contributed by atoms with Crippen LogP contribution in [0.15, 0.2) is 43.3 Å². The van der Waals surface area contributed by atoms with Crippen LogP contribution in [0.2, 0.25) is 0 Å². The average Bonchev–Trinajstić information content (AvgIpc) is 3.25. The number of nitrogens with zero attached hydrogens (tertiary/aromatic N) is 5. The molecule has 0 spiro atoms. The number of halogens is 4. The lowest BCUT2D eigenvalue weighted by Crippen LogP contribution is -2.37. The first-order chi connectivity index (χ1) is 13.2. The molecule has 0 aromatic carbocycles. The fourth-order valence-corrected chi connectivity index (χ4v) is 3.14. The Balaban J connectivity index is 1.78. The van der Waals surface area contributed by atoms with Gasteiger partial charge < -0.3 is 9.47 Å². The van der Waals surface area contributed by atoms with Crippen molar-refractivity contribution in [2.45, 2.75) is 38.5 Å².